The summed E-state index contributed by atoms with van der Waals surface area (Å²) in [5, 5.41) is 3.27. The van der Waals surface area contributed by atoms with Gasteiger partial charge in [-0.3, -0.25) is 0 Å². The maximum atomic E-state index is 12.6. The van der Waals surface area contributed by atoms with Gasteiger partial charge in [-0.25, -0.2) is 8.42 Å². The molecule has 0 radical (unpaired) electrons. The second-order valence-electron chi connectivity index (χ2n) is 4.84. The van der Waals surface area contributed by atoms with Gasteiger partial charge in [-0.15, -0.1) is 6.42 Å². The van der Waals surface area contributed by atoms with E-state index in [4.69, 9.17) is 6.42 Å². The minimum absolute atomic E-state index is 0.0533. The molecule has 0 aliphatic heterocycles. The molecular formula is C15H21BrN2O2S. The van der Waals surface area contributed by atoms with Crippen molar-refractivity contribution in [3.05, 3.63) is 27.7 Å². The number of hydrogen-bond acceptors (Lipinski definition) is 3. The summed E-state index contributed by atoms with van der Waals surface area (Å²) in [4.78, 5) is 0.294. The normalized spacial score (nSPS) is 11.6. The number of rotatable bonds is 7. The number of terminal acetylenes is 1. The quantitative estimate of drug-likeness (QED) is 0.590. The highest BCUT2D eigenvalue weighted by molar-refractivity contribution is 9.10. The SMILES string of the molecule is C#CCN(C)S(=O)(=O)c1cc(CNCCC)cc(Br)c1C. The lowest BCUT2D eigenvalue weighted by atomic mass is 10.1. The minimum atomic E-state index is -3.57. The van der Waals surface area contributed by atoms with E-state index in [1.165, 1.54) is 11.4 Å². The van der Waals surface area contributed by atoms with Gasteiger partial charge in [0, 0.05) is 18.1 Å². The van der Waals surface area contributed by atoms with Crippen molar-refractivity contribution in [2.75, 3.05) is 20.1 Å². The van der Waals surface area contributed by atoms with Gasteiger partial charge >= 0.3 is 0 Å². The first kappa shape index (κ1) is 18.2. The van der Waals surface area contributed by atoms with Crippen LogP contribution in [0.4, 0.5) is 0 Å². The van der Waals surface area contributed by atoms with E-state index in [2.05, 4.69) is 34.1 Å². The summed E-state index contributed by atoms with van der Waals surface area (Å²) in [6.07, 6.45) is 6.24. The number of nitrogens with one attached hydrogen (secondary N) is 1. The molecule has 0 saturated carbocycles. The van der Waals surface area contributed by atoms with Crippen LogP contribution in [0.3, 0.4) is 0 Å². The van der Waals surface area contributed by atoms with Crippen LogP contribution in [0.1, 0.15) is 24.5 Å². The summed E-state index contributed by atoms with van der Waals surface area (Å²) < 4.78 is 27.1. The molecule has 0 heterocycles. The zero-order chi connectivity index (χ0) is 16.0. The topological polar surface area (TPSA) is 49.4 Å². The van der Waals surface area contributed by atoms with E-state index in [-0.39, 0.29) is 6.54 Å². The molecule has 4 nitrogen and oxygen atoms in total. The highest BCUT2D eigenvalue weighted by Gasteiger charge is 2.23. The van der Waals surface area contributed by atoms with E-state index in [0.29, 0.717) is 17.0 Å². The van der Waals surface area contributed by atoms with Gasteiger partial charge in [0.2, 0.25) is 10.0 Å². The van der Waals surface area contributed by atoms with Crippen molar-refractivity contribution >= 4 is 26.0 Å². The summed E-state index contributed by atoms with van der Waals surface area (Å²) in [6.45, 7) is 5.45. The van der Waals surface area contributed by atoms with Crippen LogP contribution in [0.25, 0.3) is 0 Å². The molecule has 1 aromatic rings. The van der Waals surface area contributed by atoms with Crippen LogP contribution in [0, 0.1) is 19.3 Å². The fraction of sp³-hybridized carbons (Fsp3) is 0.467. The van der Waals surface area contributed by atoms with E-state index in [1.54, 1.807) is 13.0 Å². The second kappa shape index (κ2) is 7.95. The van der Waals surface area contributed by atoms with Gasteiger partial charge in [0.25, 0.3) is 0 Å². The Morgan fingerprint density at radius 1 is 1.43 bits per heavy atom. The van der Waals surface area contributed by atoms with E-state index < -0.39 is 10.0 Å². The van der Waals surface area contributed by atoms with E-state index in [9.17, 15) is 8.42 Å². The molecule has 1 aromatic carbocycles. The Hall–Kier alpha value is -0.870. The van der Waals surface area contributed by atoms with Gasteiger partial charge in [0.1, 0.15) is 0 Å². The fourth-order valence-electron chi connectivity index (χ4n) is 1.87. The van der Waals surface area contributed by atoms with Crippen molar-refractivity contribution in [3.63, 3.8) is 0 Å². The van der Waals surface area contributed by atoms with Gasteiger partial charge in [-0.05, 0) is 43.1 Å². The van der Waals surface area contributed by atoms with Crippen LogP contribution >= 0.6 is 15.9 Å². The molecule has 1 N–H and O–H groups in total. The Kier molecular flexibility index (Phi) is 6.88. The fourth-order valence-corrected chi connectivity index (χ4v) is 3.88. The second-order valence-corrected chi connectivity index (χ2v) is 7.71. The third-order valence-corrected chi connectivity index (χ3v) is 5.87. The Morgan fingerprint density at radius 3 is 2.67 bits per heavy atom. The molecule has 0 atom stereocenters. The average molecular weight is 373 g/mol. The monoisotopic (exact) mass is 372 g/mol. The molecule has 1 rings (SSSR count). The van der Waals surface area contributed by atoms with Crippen LogP contribution in [0.5, 0.6) is 0 Å². The highest BCUT2D eigenvalue weighted by Crippen LogP contribution is 2.27. The molecule has 116 valence electrons. The number of halogens is 1. The van der Waals surface area contributed by atoms with Crippen LogP contribution in [-0.2, 0) is 16.6 Å². The van der Waals surface area contributed by atoms with Crippen molar-refractivity contribution in [2.24, 2.45) is 0 Å². The Morgan fingerprint density at radius 2 is 2.10 bits per heavy atom. The standard InChI is InChI=1S/C15H21BrN2O2S/c1-5-7-17-11-13-9-14(16)12(3)15(10-13)21(19,20)18(4)8-6-2/h2,9-10,17H,5,7-8,11H2,1,3-4H3. The number of sulfonamides is 1. The van der Waals surface area contributed by atoms with Gasteiger partial charge < -0.3 is 5.32 Å². The highest BCUT2D eigenvalue weighted by atomic mass is 79.9. The summed E-state index contributed by atoms with van der Waals surface area (Å²) >= 11 is 3.44. The van der Waals surface area contributed by atoms with E-state index >= 15 is 0 Å². The predicted octanol–water partition coefficient (Wildman–Crippen LogP) is 2.51. The number of benzene rings is 1. The molecular weight excluding hydrogens is 352 g/mol. The van der Waals surface area contributed by atoms with Gasteiger partial charge in [-0.2, -0.15) is 4.31 Å². The molecule has 0 saturated heterocycles. The lowest BCUT2D eigenvalue weighted by molar-refractivity contribution is 0.502. The Balaban J connectivity index is 3.20. The van der Waals surface area contributed by atoms with Gasteiger partial charge in [-0.1, -0.05) is 28.8 Å². The van der Waals surface area contributed by atoms with Crippen molar-refractivity contribution < 1.29 is 8.42 Å². The largest absolute Gasteiger partial charge is 0.313 e. The molecule has 0 unspecified atom stereocenters. The molecule has 21 heavy (non-hydrogen) atoms. The third-order valence-electron chi connectivity index (χ3n) is 3.11. The molecule has 0 aliphatic rings. The molecule has 0 amide bonds. The summed E-state index contributed by atoms with van der Waals surface area (Å²) in [5.41, 5.74) is 1.62. The average Bonchev–Trinajstić information content (AvgIpc) is 2.42. The first-order valence-electron chi connectivity index (χ1n) is 6.74. The molecule has 0 spiro atoms. The molecule has 0 aliphatic carbocycles. The van der Waals surface area contributed by atoms with Crippen LogP contribution in [0.2, 0.25) is 0 Å². The number of hydrogen-bond donors (Lipinski definition) is 1. The molecule has 0 aromatic heterocycles. The zero-order valence-corrected chi connectivity index (χ0v) is 15.0. The van der Waals surface area contributed by atoms with Crippen LogP contribution in [-0.4, -0.2) is 32.9 Å². The first-order chi connectivity index (χ1) is 9.84. The maximum absolute atomic E-state index is 12.6. The third kappa shape index (κ3) is 4.55. The van der Waals surface area contributed by atoms with Crippen molar-refractivity contribution in [2.45, 2.75) is 31.7 Å². The smallest absolute Gasteiger partial charge is 0.244 e. The lowest BCUT2D eigenvalue weighted by Crippen LogP contribution is -2.28. The van der Waals surface area contributed by atoms with E-state index in [0.717, 1.165) is 23.0 Å². The van der Waals surface area contributed by atoms with Crippen molar-refractivity contribution in [3.8, 4) is 12.3 Å². The van der Waals surface area contributed by atoms with Crippen molar-refractivity contribution in [1.29, 1.82) is 0 Å². The van der Waals surface area contributed by atoms with Crippen molar-refractivity contribution in [1.82, 2.24) is 9.62 Å². The molecule has 0 bridgehead atoms. The minimum Gasteiger partial charge on any atom is -0.313 e. The van der Waals surface area contributed by atoms with Crippen LogP contribution in [0.15, 0.2) is 21.5 Å². The van der Waals surface area contributed by atoms with E-state index in [1.807, 2.05) is 6.07 Å². The van der Waals surface area contributed by atoms with Crippen LogP contribution < -0.4 is 5.32 Å². The Labute approximate surface area is 136 Å². The predicted molar refractivity (Wildman–Crippen MR) is 89.5 cm³/mol. The number of nitrogens with zero attached hydrogens (tertiary/aromatic N) is 1. The maximum Gasteiger partial charge on any atom is 0.244 e. The molecule has 0 fully saturated rings. The van der Waals surface area contributed by atoms with Gasteiger partial charge in [0.05, 0.1) is 11.4 Å². The zero-order valence-electron chi connectivity index (χ0n) is 12.6. The summed E-state index contributed by atoms with van der Waals surface area (Å²) in [6, 6.07) is 3.66. The Bertz CT molecular complexity index is 636. The first-order valence-corrected chi connectivity index (χ1v) is 8.97. The summed E-state index contributed by atoms with van der Waals surface area (Å²) in [7, 11) is -2.08. The van der Waals surface area contributed by atoms with Gasteiger partial charge in [0.15, 0.2) is 0 Å². The summed E-state index contributed by atoms with van der Waals surface area (Å²) in [5.74, 6) is 2.36. The lowest BCUT2D eigenvalue weighted by Gasteiger charge is -2.18. The molecule has 6 heteroatoms.